The molecule has 0 radical (unpaired) electrons. The molecule has 0 bridgehead atoms. The zero-order chi connectivity index (χ0) is 22.1. The molecule has 0 spiro atoms. The van der Waals surface area contributed by atoms with Crippen molar-refractivity contribution in [3.8, 4) is 23.8 Å². The molecule has 166 valence electrons. The van der Waals surface area contributed by atoms with E-state index in [9.17, 15) is 9.59 Å². The maximum absolute atomic E-state index is 12.5. The Morgan fingerprint density at radius 1 is 1.16 bits per heavy atom. The highest BCUT2D eigenvalue weighted by Crippen LogP contribution is 2.36. The third kappa shape index (κ3) is 6.45. The lowest BCUT2D eigenvalue weighted by molar-refractivity contribution is -0.134. The van der Waals surface area contributed by atoms with Crippen molar-refractivity contribution in [3.63, 3.8) is 0 Å². The van der Waals surface area contributed by atoms with Crippen LogP contribution in [0.5, 0.6) is 11.5 Å². The highest BCUT2D eigenvalue weighted by Gasteiger charge is 2.38. The summed E-state index contributed by atoms with van der Waals surface area (Å²) in [7, 11) is 0. The van der Waals surface area contributed by atoms with Crippen molar-refractivity contribution in [2.45, 2.75) is 51.1 Å². The number of amides is 2. The van der Waals surface area contributed by atoms with Crippen molar-refractivity contribution in [1.82, 2.24) is 10.2 Å². The smallest absolute Gasteiger partial charge is 0.260 e. The van der Waals surface area contributed by atoms with Gasteiger partial charge in [0, 0.05) is 44.5 Å². The van der Waals surface area contributed by atoms with Crippen molar-refractivity contribution in [1.29, 1.82) is 0 Å². The molecule has 0 unspecified atom stereocenters. The van der Waals surface area contributed by atoms with Crippen LogP contribution < -0.4 is 14.8 Å². The van der Waals surface area contributed by atoms with E-state index in [1.807, 2.05) is 11.8 Å². The minimum absolute atomic E-state index is 0.0290. The Kier molecular flexibility index (Phi) is 7.88. The minimum atomic E-state index is -0.422. The molecule has 1 N–H and O–H groups in total. The summed E-state index contributed by atoms with van der Waals surface area (Å²) in [4.78, 5) is 26.7. The maximum atomic E-state index is 12.5. The van der Waals surface area contributed by atoms with Gasteiger partial charge < -0.3 is 19.7 Å². The summed E-state index contributed by atoms with van der Waals surface area (Å²) in [6.45, 7) is 4.24. The first-order valence-corrected chi connectivity index (χ1v) is 10.9. The van der Waals surface area contributed by atoms with Crippen LogP contribution in [0.4, 0.5) is 0 Å². The van der Waals surface area contributed by atoms with E-state index in [2.05, 4.69) is 21.5 Å². The molecule has 2 aliphatic rings. The molecule has 0 saturated carbocycles. The molecular weight excluding hydrogens is 396 g/mol. The molecule has 0 aliphatic carbocycles. The Hall–Kier alpha value is -3.08. The molecule has 1 aromatic carbocycles. The van der Waals surface area contributed by atoms with E-state index in [1.54, 1.807) is 18.2 Å². The topological polar surface area (TPSA) is 92.6 Å². The zero-order valence-corrected chi connectivity index (χ0v) is 18.1. The Balaban J connectivity index is 1.53. The van der Waals surface area contributed by atoms with Crippen LogP contribution >= 0.6 is 0 Å². The van der Waals surface area contributed by atoms with Gasteiger partial charge in [0.1, 0.15) is 0 Å². The molecule has 0 atom stereocenters. The second-order valence-electron chi connectivity index (χ2n) is 7.72. The van der Waals surface area contributed by atoms with Crippen molar-refractivity contribution in [2.75, 3.05) is 32.8 Å². The van der Waals surface area contributed by atoms with Gasteiger partial charge in [-0.3, -0.25) is 9.59 Å². The van der Waals surface area contributed by atoms with E-state index in [-0.39, 0.29) is 18.4 Å². The number of nitrogens with one attached hydrogen (secondary N) is 1. The third-order valence-electron chi connectivity index (χ3n) is 5.43. The quantitative estimate of drug-likeness (QED) is 0.550. The molecular formula is C23H30N4O4. The van der Waals surface area contributed by atoms with E-state index in [0.717, 1.165) is 32.4 Å². The van der Waals surface area contributed by atoms with Crippen molar-refractivity contribution >= 4 is 11.8 Å². The Bertz CT molecular complexity index is 850. The van der Waals surface area contributed by atoms with Crippen LogP contribution in [0.1, 0.15) is 55.8 Å². The van der Waals surface area contributed by atoms with Gasteiger partial charge in [-0.2, -0.15) is 10.2 Å². The number of carbonyl (C=O) groups excluding carboxylic acids is 2. The van der Waals surface area contributed by atoms with Gasteiger partial charge in [0.2, 0.25) is 0 Å². The molecule has 1 aromatic rings. The van der Waals surface area contributed by atoms with Gasteiger partial charge in [0.05, 0.1) is 6.61 Å². The van der Waals surface area contributed by atoms with Gasteiger partial charge in [0.25, 0.3) is 11.8 Å². The van der Waals surface area contributed by atoms with Crippen molar-refractivity contribution in [3.05, 3.63) is 23.8 Å². The molecule has 8 nitrogen and oxygen atoms in total. The summed E-state index contributed by atoms with van der Waals surface area (Å²) in [6.07, 6.45) is 10.5. The molecule has 1 saturated heterocycles. The normalized spacial score (nSPS) is 16.3. The first-order valence-electron chi connectivity index (χ1n) is 10.9. The predicted molar refractivity (Wildman–Crippen MR) is 116 cm³/mol. The number of ether oxygens (including phenoxy) is 2. The number of terminal acetylenes is 1. The van der Waals surface area contributed by atoms with Crippen LogP contribution in [0.25, 0.3) is 0 Å². The highest BCUT2D eigenvalue weighted by atomic mass is 16.5. The van der Waals surface area contributed by atoms with Crippen LogP contribution in [0.3, 0.4) is 0 Å². The summed E-state index contributed by atoms with van der Waals surface area (Å²) in [5, 5.41) is 11.0. The lowest BCUT2D eigenvalue weighted by atomic mass is 10.0. The van der Waals surface area contributed by atoms with E-state index in [0.29, 0.717) is 49.5 Å². The lowest BCUT2D eigenvalue weighted by Crippen LogP contribution is -2.38. The predicted octanol–water partition coefficient (Wildman–Crippen LogP) is 3.17. The van der Waals surface area contributed by atoms with Crippen LogP contribution in [0, 0.1) is 12.3 Å². The van der Waals surface area contributed by atoms with Gasteiger partial charge in [-0.1, -0.05) is 0 Å². The van der Waals surface area contributed by atoms with Gasteiger partial charge in [-0.25, -0.2) is 0 Å². The van der Waals surface area contributed by atoms with Crippen molar-refractivity contribution < 1.29 is 19.1 Å². The van der Waals surface area contributed by atoms with Crippen LogP contribution in [-0.4, -0.2) is 55.2 Å². The van der Waals surface area contributed by atoms with E-state index in [4.69, 9.17) is 15.9 Å². The SMILES string of the molecule is C#CCCC1(CCNC(=O)c2ccc(OCC(=O)N3CCCCC3)c(OCC)c2)N=N1. The zero-order valence-electron chi connectivity index (χ0n) is 18.1. The summed E-state index contributed by atoms with van der Waals surface area (Å²) >= 11 is 0. The Labute approximate surface area is 183 Å². The average Bonchev–Trinajstić information content (AvgIpc) is 3.57. The molecule has 1 fully saturated rings. The summed E-state index contributed by atoms with van der Waals surface area (Å²) in [5.41, 5.74) is 0.0369. The second-order valence-corrected chi connectivity index (χ2v) is 7.72. The molecule has 2 aliphatic heterocycles. The number of nitrogens with zero attached hydrogens (tertiary/aromatic N) is 3. The monoisotopic (exact) mass is 426 g/mol. The number of benzene rings is 1. The molecule has 31 heavy (non-hydrogen) atoms. The molecule has 2 amide bonds. The average molecular weight is 427 g/mol. The fourth-order valence-corrected chi connectivity index (χ4v) is 3.56. The Morgan fingerprint density at radius 2 is 1.94 bits per heavy atom. The van der Waals surface area contributed by atoms with E-state index >= 15 is 0 Å². The van der Waals surface area contributed by atoms with Gasteiger partial charge in [-0.15, -0.1) is 12.3 Å². The molecule has 3 rings (SSSR count). The number of hydrogen-bond acceptors (Lipinski definition) is 6. The standard InChI is InChI=1S/C23H30N4O4/c1-3-5-11-23(25-26-23)12-13-24-22(29)18-9-10-19(20(16-18)30-4-2)31-17-21(28)27-14-7-6-8-15-27/h1,9-10,16H,4-8,11-15,17H2,2H3,(H,24,29). The molecule has 0 aromatic heterocycles. The van der Waals surface area contributed by atoms with Crippen molar-refractivity contribution in [2.24, 2.45) is 10.2 Å². The van der Waals surface area contributed by atoms with Gasteiger partial charge in [0.15, 0.2) is 23.8 Å². The Morgan fingerprint density at radius 3 is 2.61 bits per heavy atom. The number of piperidine rings is 1. The summed E-state index contributed by atoms with van der Waals surface area (Å²) in [6, 6.07) is 4.97. The lowest BCUT2D eigenvalue weighted by Gasteiger charge is -2.26. The first kappa shape index (κ1) is 22.6. The van der Waals surface area contributed by atoms with Crippen LogP contribution in [-0.2, 0) is 4.79 Å². The summed E-state index contributed by atoms with van der Waals surface area (Å²) < 4.78 is 11.4. The number of hydrogen-bond donors (Lipinski definition) is 1. The highest BCUT2D eigenvalue weighted by molar-refractivity contribution is 5.94. The van der Waals surface area contributed by atoms with Crippen LogP contribution in [0.2, 0.25) is 0 Å². The van der Waals surface area contributed by atoms with Gasteiger partial charge in [-0.05, 0) is 44.4 Å². The first-order chi connectivity index (χ1) is 15.1. The molecule has 2 heterocycles. The second kappa shape index (κ2) is 10.8. The fourth-order valence-electron chi connectivity index (χ4n) is 3.56. The fraction of sp³-hybridized carbons (Fsp3) is 0.565. The third-order valence-corrected chi connectivity index (χ3v) is 5.43. The van der Waals surface area contributed by atoms with Crippen LogP contribution in [0.15, 0.2) is 28.4 Å². The minimum Gasteiger partial charge on any atom is -0.490 e. The van der Waals surface area contributed by atoms with Gasteiger partial charge >= 0.3 is 0 Å². The number of likely N-dealkylation sites (tertiary alicyclic amines) is 1. The largest absolute Gasteiger partial charge is 0.490 e. The summed E-state index contributed by atoms with van der Waals surface area (Å²) in [5.74, 6) is 3.24. The molecule has 8 heteroatoms. The van der Waals surface area contributed by atoms with E-state index < -0.39 is 5.66 Å². The van der Waals surface area contributed by atoms with E-state index in [1.165, 1.54) is 0 Å². The maximum Gasteiger partial charge on any atom is 0.260 e. The number of rotatable bonds is 11. The number of carbonyl (C=O) groups is 2.